The number of aromatic nitrogens is 2. The first kappa shape index (κ1) is 22.0. The number of aromatic hydroxyl groups is 1. The summed E-state index contributed by atoms with van der Waals surface area (Å²) >= 11 is -0.811. The molecule has 4 rings (SSSR count). The Balaban J connectivity index is 1.65. The average molecular weight is 486 g/mol. The monoisotopic (exact) mass is 485 g/mol. The van der Waals surface area contributed by atoms with Gasteiger partial charge in [0, 0.05) is 22.8 Å². The summed E-state index contributed by atoms with van der Waals surface area (Å²) in [5, 5.41) is 14.9. The zero-order valence-corrected chi connectivity index (χ0v) is 19.4. The van der Waals surface area contributed by atoms with Crippen LogP contribution in [0.25, 0.3) is 0 Å². The van der Waals surface area contributed by atoms with Crippen molar-refractivity contribution in [2.45, 2.75) is 43.4 Å². The number of furan rings is 1. The maximum atomic E-state index is 12.8. The molecule has 3 aromatic heterocycles. The number of rotatable bonds is 7. The summed E-state index contributed by atoms with van der Waals surface area (Å²) in [6, 6.07) is 3.36. The highest BCUT2D eigenvalue weighted by molar-refractivity contribution is 7.91. The Bertz CT molecular complexity index is 1230. The highest BCUT2D eigenvalue weighted by Crippen LogP contribution is 2.40. The van der Waals surface area contributed by atoms with Crippen molar-refractivity contribution in [1.82, 2.24) is 13.1 Å². The summed E-state index contributed by atoms with van der Waals surface area (Å²) in [4.78, 5) is 4.57. The summed E-state index contributed by atoms with van der Waals surface area (Å²) in [7, 11) is -3.76. The van der Waals surface area contributed by atoms with Crippen LogP contribution >= 0.6 is 22.5 Å². The van der Waals surface area contributed by atoms with E-state index in [9.17, 15) is 18.1 Å². The van der Waals surface area contributed by atoms with E-state index in [0.29, 0.717) is 25.3 Å². The van der Waals surface area contributed by atoms with Crippen molar-refractivity contribution in [2.24, 2.45) is 4.99 Å². The SMILES string of the molecule is CC[C@@H](N=c1[nH][s+]([O-])nc1Nc1csc(S(=O)(=O)N2CCCC2)c1O)c1ccc(C)o1. The van der Waals surface area contributed by atoms with Crippen molar-refractivity contribution in [1.29, 1.82) is 0 Å². The smallest absolute Gasteiger partial charge is 0.256 e. The van der Waals surface area contributed by atoms with Crippen molar-refractivity contribution >= 4 is 44.0 Å². The lowest BCUT2D eigenvalue weighted by atomic mass is 10.2. The first-order valence-electron chi connectivity index (χ1n) is 9.79. The first-order valence-corrected chi connectivity index (χ1v) is 13.2. The number of anilines is 2. The quantitative estimate of drug-likeness (QED) is 0.435. The summed E-state index contributed by atoms with van der Waals surface area (Å²) < 4.78 is 51.1. The molecule has 1 unspecified atom stereocenters. The van der Waals surface area contributed by atoms with Gasteiger partial charge in [0.25, 0.3) is 10.0 Å². The van der Waals surface area contributed by atoms with Crippen LogP contribution in [0.5, 0.6) is 5.75 Å². The fourth-order valence-corrected chi connectivity index (χ4v) is 6.92. The van der Waals surface area contributed by atoms with Gasteiger partial charge in [-0.15, -0.1) is 15.7 Å². The Morgan fingerprint density at radius 2 is 2.19 bits per heavy atom. The summed E-state index contributed by atoms with van der Waals surface area (Å²) in [5.41, 5.74) is 0.408. The van der Waals surface area contributed by atoms with Gasteiger partial charge in [-0.2, -0.15) is 4.31 Å². The summed E-state index contributed by atoms with van der Waals surface area (Å²) in [6.45, 7) is 4.68. The van der Waals surface area contributed by atoms with E-state index in [-0.39, 0.29) is 33.0 Å². The van der Waals surface area contributed by atoms with Crippen molar-refractivity contribution in [3.8, 4) is 5.75 Å². The van der Waals surface area contributed by atoms with Gasteiger partial charge in [0.1, 0.15) is 17.6 Å². The lowest BCUT2D eigenvalue weighted by Crippen LogP contribution is -2.27. The number of nitrogens with zero attached hydrogens (tertiary/aromatic N) is 3. The van der Waals surface area contributed by atoms with Gasteiger partial charge in [-0.25, -0.2) is 13.4 Å². The van der Waals surface area contributed by atoms with Crippen molar-refractivity contribution in [2.75, 3.05) is 18.4 Å². The number of hydrogen-bond donors (Lipinski definition) is 3. The van der Waals surface area contributed by atoms with Gasteiger partial charge >= 0.3 is 0 Å². The third-order valence-corrected chi connectivity index (χ3v) is 9.07. The number of thiophene rings is 1. The molecule has 1 fully saturated rings. The summed E-state index contributed by atoms with van der Waals surface area (Å²) in [6.07, 6.45) is 2.25. The van der Waals surface area contributed by atoms with Gasteiger partial charge < -0.3 is 19.4 Å². The molecule has 13 heteroatoms. The number of sulfonamides is 1. The maximum absolute atomic E-state index is 12.8. The largest absolute Gasteiger partial charge is 0.548 e. The molecule has 2 atom stereocenters. The molecule has 3 N–H and O–H groups in total. The molecule has 10 nitrogen and oxygen atoms in total. The second-order valence-electron chi connectivity index (χ2n) is 7.16. The maximum Gasteiger partial charge on any atom is 0.256 e. The van der Waals surface area contributed by atoms with E-state index < -0.39 is 21.2 Å². The molecule has 0 saturated carbocycles. The topological polar surface area (TPSA) is 147 Å². The van der Waals surface area contributed by atoms with E-state index in [4.69, 9.17) is 4.42 Å². The standard InChI is InChI=1S/C18H23N5O5S3/c1-3-12(14-7-6-11(2)28-14)19-16-17(22-30(25)21-16)20-13-10-29-18(15(13)24)31(26,27)23-8-4-5-9-23/h6-7,10,12,24H,3-5,8-9H2,1-2H3,(H,19,21)(H,20,22)/t12-,30?/m1/s1. The molecule has 1 aliphatic heterocycles. The van der Waals surface area contributed by atoms with E-state index in [1.165, 1.54) is 9.69 Å². The van der Waals surface area contributed by atoms with Crippen molar-refractivity contribution in [3.63, 3.8) is 0 Å². The molecule has 0 bridgehead atoms. The van der Waals surface area contributed by atoms with E-state index in [0.717, 1.165) is 29.9 Å². The molecular formula is C18H23N5O5S3. The Hall–Kier alpha value is -2.19. The molecule has 0 radical (unpaired) electrons. The molecule has 0 aliphatic carbocycles. The van der Waals surface area contributed by atoms with Crippen LogP contribution in [0.15, 0.2) is 31.1 Å². The third-order valence-electron chi connectivity index (χ3n) is 4.97. The normalized spacial score (nSPS) is 17.4. The molecule has 4 heterocycles. The molecular weight excluding hydrogens is 462 g/mol. The first-order chi connectivity index (χ1) is 14.8. The molecule has 0 aromatic carbocycles. The molecule has 0 spiro atoms. The Morgan fingerprint density at radius 1 is 1.45 bits per heavy atom. The highest BCUT2D eigenvalue weighted by Gasteiger charge is 2.32. The second-order valence-corrected chi connectivity index (χ2v) is 11.1. The van der Waals surface area contributed by atoms with Crippen LogP contribution in [-0.4, -0.2) is 44.2 Å². The number of nitrogens with one attached hydrogen (secondary N) is 2. The predicted octanol–water partition coefficient (Wildman–Crippen LogP) is 3.39. The van der Waals surface area contributed by atoms with Gasteiger partial charge in [-0.1, -0.05) is 6.92 Å². The van der Waals surface area contributed by atoms with Gasteiger partial charge in [0.2, 0.25) is 11.3 Å². The fourth-order valence-electron chi connectivity index (χ4n) is 3.37. The van der Waals surface area contributed by atoms with Crippen LogP contribution < -0.4 is 10.8 Å². The predicted molar refractivity (Wildman–Crippen MR) is 117 cm³/mol. The fraction of sp³-hybridized carbons (Fsp3) is 0.444. The van der Waals surface area contributed by atoms with Gasteiger partial charge in [0.15, 0.2) is 21.1 Å². The van der Waals surface area contributed by atoms with E-state index in [1.807, 2.05) is 26.0 Å². The third kappa shape index (κ3) is 4.41. The lowest BCUT2D eigenvalue weighted by Gasteiger charge is -2.14. The molecule has 3 aromatic rings. The van der Waals surface area contributed by atoms with Gasteiger partial charge in [-0.05, 0) is 38.3 Å². The van der Waals surface area contributed by atoms with Crippen LogP contribution in [0, 0.1) is 6.92 Å². The Morgan fingerprint density at radius 3 is 2.84 bits per heavy atom. The van der Waals surface area contributed by atoms with Crippen LogP contribution in [0.2, 0.25) is 0 Å². The van der Waals surface area contributed by atoms with Crippen LogP contribution in [0.1, 0.15) is 43.7 Å². The minimum Gasteiger partial charge on any atom is -0.548 e. The number of aromatic amines is 1. The number of aryl methyl sites for hydroxylation is 1. The minimum absolute atomic E-state index is 0.124. The Labute approximate surface area is 186 Å². The molecule has 0 amide bonds. The van der Waals surface area contributed by atoms with Crippen LogP contribution in [0.3, 0.4) is 0 Å². The molecule has 31 heavy (non-hydrogen) atoms. The average Bonchev–Trinajstić information content (AvgIpc) is 3.50. The van der Waals surface area contributed by atoms with Crippen molar-refractivity contribution in [3.05, 3.63) is 34.5 Å². The van der Waals surface area contributed by atoms with E-state index in [2.05, 4.69) is 19.1 Å². The molecule has 168 valence electrons. The molecule has 1 aliphatic rings. The van der Waals surface area contributed by atoms with E-state index >= 15 is 0 Å². The zero-order chi connectivity index (χ0) is 22.2. The zero-order valence-electron chi connectivity index (χ0n) is 17.0. The van der Waals surface area contributed by atoms with Gasteiger partial charge in [0.05, 0.1) is 5.69 Å². The van der Waals surface area contributed by atoms with Crippen molar-refractivity contribution < 1.29 is 22.5 Å². The number of hydrogen-bond acceptors (Lipinski definition) is 9. The lowest BCUT2D eigenvalue weighted by molar-refractivity contribution is 0.438. The molecule has 1 saturated heterocycles. The van der Waals surface area contributed by atoms with Crippen LogP contribution in [-0.2, 0) is 10.0 Å². The highest BCUT2D eigenvalue weighted by atomic mass is 32.2. The number of H-pyrrole nitrogens is 1. The van der Waals surface area contributed by atoms with Crippen LogP contribution in [0.4, 0.5) is 11.5 Å². The van der Waals surface area contributed by atoms with Gasteiger partial charge in [-0.3, -0.25) is 0 Å². The van der Waals surface area contributed by atoms with E-state index in [1.54, 1.807) is 0 Å². The Kier molecular flexibility index (Phi) is 6.21. The summed E-state index contributed by atoms with van der Waals surface area (Å²) in [5.74, 6) is 1.20. The minimum atomic E-state index is -3.76. The second kappa shape index (κ2) is 8.74.